The third kappa shape index (κ3) is 9.66. The van der Waals surface area contributed by atoms with Crippen molar-refractivity contribution in [3.05, 3.63) is 35.6 Å². The maximum Gasteiger partial charge on any atom is 0.191 e. The van der Waals surface area contributed by atoms with Gasteiger partial charge in [-0.2, -0.15) is 0 Å². The molecule has 21 heavy (non-hydrogen) atoms. The van der Waals surface area contributed by atoms with Crippen LogP contribution in [0.2, 0.25) is 0 Å². The Balaban J connectivity index is 0.00000400. The minimum absolute atomic E-state index is 0. The monoisotopic (exact) mass is 407 g/mol. The number of aliphatic imine (C=N–C) groups is 1. The molecule has 5 heteroatoms. The molecular weight excluding hydrogens is 380 g/mol. The number of halogens is 2. The van der Waals surface area contributed by atoms with E-state index in [1.165, 1.54) is 6.07 Å². The fourth-order valence-electron chi connectivity index (χ4n) is 1.79. The number of benzene rings is 1. The maximum absolute atomic E-state index is 13.1. The van der Waals surface area contributed by atoms with Gasteiger partial charge in [-0.3, -0.25) is 4.99 Å². The van der Waals surface area contributed by atoms with Gasteiger partial charge in [0.15, 0.2) is 5.96 Å². The van der Waals surface area contributed by atoms with Gasteiger partial charge in [0.1, 0.15) is 5.82 Å². The first-order valence-electron chi connectivity index (χ1n) is 7.38. The Kier molecular flexibility index (Phi) is 11.3. The van der Waals surface area contributed by atoms with Crippen molar-refractivity contribution in [3.63, 3.8) is 0 Å². The zero-order chi connectivity index (χ0) is 14.8. The Labute approximate surface area is 144 Å². The molecule has 0 unspecified atom stereocenters. The van der Waals surface area contributed by atoms with Gasteiger partial charge in [0.05, 0.1) is 0 Å². The molecule has 0 heterocycles. The molecule has 120 valence electrons. The highest BCUT2D eigenvalue weighted by Crippen LogP contribution is 2.03. The average Bonchev–Trinajstić information content (AvgIpc) is 2.38. The van der Waals surface area contributed by atoms with E-state index in [9.17, 15) is 4.39 Å². The summed E-state index contributed by atoms with van der Waals surface area (Å²) in [6, 6.07) is 6.72. The van der Waals surface area contributed by atoms with Crippen LogP contribution in [-0.4, -0.2) is 25.6 Å². The Morgan fingerprint density at radius 1 is 1.29 bits per heavy atom. The molecule has 2 N–H and O–H groups in total. The highest BCUT2D eigenvalue weighted by molar-refractivity contribution is 14.0. The second kappa shape index (κ2) is 11.8. The minimum atomic E-state index is -0.181. The summed E-state index contributed by atoms with van der Waals surface area (Å²) in [5.41, 5.74) is 0.996. The van der Waals surface area contributed by atoms with E-state index in [1.807, 2.05) is 13.0 Å². The lowest BCUT2D eigenvalue weighted by Gasteiger charge is -2.11. The lowest BCUT2D eigenvalue weighted by molar-refractivity contribution is 0.594. The normalized spacial score (nSPS) is 11.2. The zero-order valence-electron chi connectivity index (χ0n) is 13.2. The van der Waals surface area contributed by atoms with Gasteiger partial charge in [-0.05, 0) is 43.4 Å². The van der Waals surface area contributed by atoms with Crippen molar-refractivity contribution in [1.82, 2.24) is 10.6 Å². The van der Waals surface area contributed by atoms with Crippen molar-refractivity contribution in [2.75, 3.05) is 19.6 Å². The van der Waals surface area contributed by atoms with Gasteiger partial charge >= 0.3 is 0 Å². The van der Waals surface area contributed by atoms with Crippen LogP contribution < -0.4 is 10.6 Å². The molecule has 0 amide bonds. The molecule has 0 aromatic heterocycles. The van der Waals surface area contributed by atoms with Crippen LogP contribution in [0.5, 0.6) is 0 Å². The van der Waals surface area contributed by atoms with Crippen LogP contribution in [0.25, 0.3) is 0 Å². The zero-order valence-corrected chi connectivity index (χ0v) is 15.5. The first-order valence-corrected chi connectivity index (χ1v) is 7.38. The Morgan fingerprint density at radius 3 is 2.67 bits per heavy atom. The lowest BCUT2D eigenvalue weighted by atomic mass is 10.1. The summed E-state index contributed by atoms with van der Waals surface area (Å²) < 4.78 is 13.1. The maximum atomic E-state index is 13.1. The van der Waals surface area contributed by atoms with Crippen molar-refractivity contribution >= 4 is 29.9 Å². The third-order valence-electron chi connectivity index (χ3n) is 2.92. The third-order valence-corrected chi connectivity index (χ3v) is 2.92. The van der Waals surface area contributed by atoms with Crippen LogP contribution in [0.4, 0.5) is 4.39 Å². The molecule has 0 saturated carbocycles. The molecule has 0 aliphatic rings. The van der Waals surface area contributed by atoms with Crippen LogP contribution in [0, 0.1) is 11.7 Å². The molecule has 0 bridgehead atoms. The highest BCUT2D eigenvalue weighted by atomic mass is 127. The summed E-state index contributed by atoms with van der Waals surface area (Å²) in [6.07, 6.45) is 1.87. The topological polar surface area (TPSA) is 36.4 Å². The van der Waals surface area contributed by atoms with Crippen LogP contribution in [0.1, 0.15) is 32.8 Å². The van der Waals surface area contributed by atoms with Gasteiger partial charge in [-0.1, -0.05) is 26.0 Å². The van der Waals surface area contributed by atoms with E-state index in [0.717, 1.165) is 44.0 Å². The number of guanidine groups is 1. The van der Waals surface area contributed by atoms with Crippen LogP contribution >= 0.6 is 24.0 Å². The second-order valence-corrected chi connectivity index (χ2v) is 5.25. The highest BCUT2D eigenvalue weighted by Gasteiger charge is 1.99. The van der Waals surface area contributed by atoms with E-state index >= 15 is 0 Å². The van der Waals surface area contributed by atoms with E-state index < -0.39 is 0 Å². The molecule has 3 nitrogen and oxygen atoms in total. The predicted molar refractivity (Wildman–Crippen MR) is 99.0 cm³/mol. The molecule has 1 rings (SSSR count). The van der Waals surface area contributed by atoms with Crippen LogP contribution in [-0.2, 0) is 6.42 Å². The fraction of sp³-hybridized carbons (Fsp3) is 0.562. The van der Waals surface area contributed by atoms with E-state index in [0.29, 0.717) is 5.92 Å². The Morgan fingerprint density at radius 2 is 2.05 bits per heavy atom. The van der Waals surface area contributed by atoms with Gasteiger partial charge in [0, 0.05) is 19.6 Å². The number of rotatable bonds is 7. The first-order chi connectivity index (χ1) is 9.61. The Bertz CT molecular complexity index is 422. The molecule has 0 aliphatic heterocycles. The van der Waals surface area contributed by atoms with Crippen molar-refractivity contribution < 1.29 is 4.39 Å². The number of hydrogen-bond donors (Lipinski definition) is 2. The SMILES string of the molecule is CCNC(=NCCC(C)C)NCCc1cccc(F)c1.I. The lowest BCUT2D eigenvalue weighted by Crippen LogP contribution is -2.38. The van der Waals surface area contributed by atoms with Gasteiger partial charge in [0.25, 0.3) is 0 Å². The van der Waals surface area contributed by atoms with E-state index in [4.69, 9.17) is 0 Å². The average molecular weight is 407 g/mol. The molecule has 0 radical (unpaired) electrons. The van der Waals surface area contributed by atoms with Crippen LogP contribution in [0.15, 0.2) is 29.3 Å². The summed E-state index contributed by atoms with van der Waals surface area (Å²) in [5.74, 6) is 1.32. The second-order valence-electron chi connectivity index (χ2n) is 5.25. The number of nitrogens with zero attached hydrogens (tertiary/aromatic N) is 1. The molecule has 0 spiro atoms. The molecule has 1 aromatic carbocycles. The largest absolute Gasteiger partial charge is 0.357 e. The molecule has 0 fully saturated rings. The molecule has 0 atom stereocenters. The van der Waals surface area contributed by atoms with Gasteiger partial charge in [-0.15, -0.1) is 24.0 Å². The molecule has 0 aliphatic carbocycles. The molecule has 0 saturated heterocycles. The van der Waals surface area contributed by atoms with E-state index in [1.54, 1.807) is 12.1 Å². The number of hydrogen-bond acceptors (Lipinski definition) is 1. The molecule has 1 aromatic rings. The Hall–Kier alpha value is -0.850. The minimum Gasteiger partial charge on any atom is -0.357 e. The summed E-state index contributed by atoms with van der Waals surface area (Å²) >= 11 is 0. The van der Waals surface area contributed by atoms with Gasteiger partial charge in [0.2, 0.25) is 0 Å². The van der Waals surface area contributed by atoms with Crippen molar-refractivity contribution in [2.24, 2.45) is 10.9 Å². The molecular formula is C16H27FIN3. The van der Waals surface area contributed by atoms with Crippen LogP contribution in [0.3, 0.4) is 0 Å². The van der Waals surface area contributed by atoms with Gasteiger partial charge in [-0.25, -0.2) is 4.39 Å². The number of nitrogens with one attached hydrogen (secondary N) is 2. The fourth-order valence-corrected chi connectivity index (χ4v) is 1.79. The predicted octanol–water partition coefficient (Wildman–Crippen LogP) is 3.59. The van der Waals surface area contributed by atoms with Crippen molar-refractivity contribution in [2.45, 2.75) is 33.6 Å². The van der Waals surface area contributed by atoms with Crippen molar-refractivity contribution in [1.29, 1.82) is 0 Å². The van der Waals surface area contributed by atoms with Crippen molar-refractivity contribution in [3.8, 4) is 0 Å². The van der Waals surface area contributed by atoms with Gasteiger partial charge < -0.3 is 10.6 Å². The van der Waals surface area contributed by atoms with E-state index in [2.05, 4.69) is 29.5 Å². The van der Waals surface area contributed by atoms with E-state index in [-0.39, 0.29) is 29.8 Å². The smallest absolute Gasteiger partial charge is 0.191 e. The summed E-state index contributed by atoms with van der Waals surface area (Å²) in [5, 5.41) is 6.50. The quantitative estimate of drug-likeness (QED) is 0.412. The first kappa shape index (κ1) is 20.1. The summed E-state index contributed by atoms with van der Waals surface area (Å²) in [6.45, 7) is 8.85. The summed E-state index contributed by atoms with van der Waals surface area (Å²) in [7, 11) is 0. The standard InChI is InChI=1S/C16H26FN3.HI/c1-4-18-16(19-10-8-13(2)3)20-11-9-14-6-5-7-15(17)12-14;/h5-7,12-13H,4,8-11H2,1-3H3,(H2,18,19,20);1H. The summed E-state index contributed by atoms with van der Waals surface area (Å²) in [4.78, 5) is 4.52.